The van der Waals surface area contributed by atoms with Crippen molar-refractivity contribution < 1.29 is 0 Å². The lowest BCUT2D eigenvalue weighted by Crippen LogP contribution is -1.98. The van der Waals surface area contributed by atoms with Gasteiger partial charge in [-0.1, -0.05) is 34.8 Å². The summed E-state index contributed by atoms with van der Waals surface area (Å²) in [7, 11) is 0. The number of anilines is 1. The van der Waals surface area contributed by atoms with Crippen LogP contribution in [-0.4, -0.2) is 4.98 Å². The molecule has 6 heteroatoms. The van der Waals surface area contributed by atoms with E-state index in [0.29, 0.717) is 37.7 Å². The zero-order chi connectivity index (χ0) is 14.0. The minimum absolute atomic E-state index is 0.201. The highest BCUT2D eigenvalue weighted by Crippen LogP contribution is 2.36. The van der Waals surface area contributed by atoms with Crippen molar-refractivity contribution in [1.29, 1.82) is 5.26 Å². The second kappa shape index (κ2) is 5.66. The molecule has 0 aliphatic rings. The molecular formula is C13H8Cl3N3. The van der Waals surface area contributed by atoms with Crippen molar-refractivity contribution in [1.82, 2.24) is 4.98 Å². The van der Waals surface area contributed by atoms with Crippen molar-refractivity contribution in [2.24, 2.45) is 0 Å². The fourth-order valence-corrected chi connectivity index (χ4v) is 2.25. The van der Waals surface area contributed by atoms with E-state index in [4.69, 9.17) is 45.8 Å². The van der Waals surface area contributed by atoms with Crippen molar-refractivity contribution in [3.63, 3.8) is 0 Å². The van der Waals surface area contributed by atoms with E-state index >= 15 is 0 Å². The lowest BCUT2D eigenvalue weighted by Gasteiger charge is -2.09. The van der Waals surface area contributed by atoms with Gasteiger partial charge >= 0.3 is 0 Å². The Morgan fingerprint density at radius 1 is 1.11 bits per heavy atom. The number of pyridine rings is 1. The highest BCUT2D eigenvalue weighted by atomic mass is 35.5. The molecular weight excluding hydrogens is 305 g/mol. The summed E-state index contributed by atoms with van der Waals surface area (Å²) in [6.45, 7) is 0. The molecule has 0 amide bonds. The average Bonchev–Trinajstić information content (AvgIpc) is 2.37. The number of nitrogens with two attached hydrogens (primary N) is 1. The first kappa shape index (κ1) is 14.0. The molecule has 0 saturated heterocycles. The summed E-state index contributed by atoms with van der Waals surface area (Å²) >= 11 is 18.0. The van der Waals surface area contributed by atoms with Crippen molar-refractivity contribution in [3.8, 4) is 17.3 Å². The summed E-state index contributed by atoms with van der Waals surface area (Å²) in [6.07, 6.45) is 0.201. The summed E-state index contributed by atoms with van der Waals surface area (Å²) in [4.78, 5) is 4.33. The van der Waals surface area contributed by atoms with Crippen LogP contribution in [-0.2, 0) is 6.42 Å². The summed E-state index contributed by atoms with van der Waals surface area (Å²) in [5.74, 6) is 0. The molecule has 0 saturated carbocycles. The molecule has 0 aliphatic carbocycles. The molecule has 0 fully saturated rings. The maximum atomic E-state index is 8.70. The van der Waals surface area contributed by atoms with Gasteiger partial charge in [0.15, 0.2) is 0 Å². The maximum Gasteiger partial charge on any atom is 0.0950 e. The van der Waals surface area contributed by atoms with Crippen LogP contribution in [0.25, 0.3) is 11.3 Å². The van der Waals surface area contributed by atoms with Crippen molar-refractivity contribution >= 4 is 40.5 Å². The molecule has 2 rings (SSSR count). The number of nitriles is 1. The van der Waals surface area contributed by atoms with E-state index in [1.807, 2.05) is 6.07 Å². The smallest absolute Gasteiger partial charge is 0.0950 e. The molecule has 19 heavy (non-hydrogen) atoms. The normalized spacial score (nSPS) is 10.2. The maximum absolute atomic E-state index is 8.70. The lowest BCUT2D eigenvalue weighted by atomic mass is 10.1. The monoisotopic (exact) mass is 311 g/mol. The first-order valence-corrected chi connectivity index (χ1v) is 6.43. The van der Waals surface area contributed by atoms with E-state index < -0.39 is 0 Å². The first-order valence-electron chi connectivity index (χ1n) is 5.30. The summed E-state index contributed by atoms with van der Waals surface area (Å²) in [5, 5.41) is 9.84. The summed E-state index contributed by atoms with van der Waals surface area (Å²) in [6, 6.07) is 8.58. The fraction of sp³-hybridized carbons (Fsp3) is 0.0769. The van der Waals surface area contributed by atoms with Gasteiger partial charge < -0.3 is 5.73 Å². The molecule has 0 atom stereocenters. The van der Waals surface area contributed by atoms with E-state index in [1.54, 1.807) is 24.3 Å². The number of rotatable bonds is 2. The minimum Gasteiger partial charge on any atom is -0.397 e. The van der Waals surface area contributed by atoms with Gasteiger partial charge in [0.2, 0.25) is 0 Å². The molecule has 0 aliphatic heterocycles. The van der Waals surface area contributed by atoms with E-state index in [2.05, 4.69) is 4.98 Å². The standard InChI is InChI=1S/C13H8Cl3N3/c14-9-6-11(16)10(15)5-8(9)13-12(18)2-1-7(19-13)3-4-17/h1-2,5-6H,3,18H2. The Morgan fingerprint density at radius 3 is 2.47 bits per heavy atom. The molecule has 3 nitrogen and oxygen atoms in total. The second-order valence-electron chi connectivity index (χ2n) is 3.82. The molecule has 96 valence electrons. The third-order valence-electron chi connectivity index (χ3n) is 2.51. The Kier molecular flexibility index (Phi) is 4.16. The lowest BCUT2D eigenvalue weighted by molar-refractivity contribution is 1.12. The number of halogens is 3. The van der Waals surface area contributed by atoms with Gasteiger partial charge in [-0.3, -0.25) is 0 Å². The quantitative estimate of drug-likeness (QED) is 0.838. The molecule has 0 unspecified atom stereocenters. The van der Waals surface area contributed by atoms with Gasteiger partial charge in [-0.15, -0.1) is 0 Å². The highest BCUT2D eigenvalue weighted by molar-refractivity contribution is 6.44. The van der Waals surface area contributed by atoms with Crippen LogP contribution in [0.2, 0.25) is 15.1 Å². The number of aromatic nitrogens is 1. The topological polar surface area (TPSA) is 62.7 Å². The highest BCUT2D eigenvalue weighted by Gasteiger charge is 2.12. The van der Waals surface area contributed by atoms with Gasteiger partial charge in [0, 0.05) is 5.56 Å². The van der Waals surface area contributed by atoms with Crippen LogP contribution in [0.1, 0.15) is 5.69 Å². The van der Waals surface area contributed by atoms with Crippen molar-refractivity contribution in [2.75, 3.05) is 5.73 Å². The number of nitrogens with zero attached hydrogens (tertiary/aromatic N) is 2. The molecule has 1 heterocycles. The zero-order valence-electron chi connectivity index (χ0n) is 9.62. The molecule has 1 aromatic heterocycles. The van der Waals surface area contributed by atoms with Gasteiger partial charge in [0.25, 0.3) is 0 Å². The van der Waals surface area contributed by atoms with Crippen LogP contribution >= 0.6 is 34.8 Å². The van der Waals surface area contributed by atoms with E-state index in [1.165, 1.54) is 0 Å². The molecule has 0 bridgehead atoms. The number of hydrogen-bond acceptors (Lipinski definition) is 3. The fourth-order valence-electron chi connectivity index (χ4n) is 1.61. The first-order chi connectivity index (χ1) is 9.02. The Bertz CT molecular complexity index is 678. The minimum atomic E-state index is 0.201. The van der Waals surface area contributed by atoms with E-state index in [9.17, 15) is 0 Å². The van der Waals surface area contributed by atoms with Gasteiger partial charge in [0.1, 0.15) is 0 Å². The van der Waals surface area contributed by atoms with Crippen LogP contribution < -0.4 is 5.73 Å². The summed E-state index contributed by atoms with van der Waals surface area (Å²) in [5.41, 5.74) is 8.06. The summed E-state index contributed by atoms with van der Waals surface area (Å²) < 4.78 is 0. The van der Waals surface area contributed by atoms with E-state index in [-0.39, 0.29) is 6.42 Å². The van der Waals surface area contributed by atoms with Crippen LogP contribution in [0.5, 0.6) is 0 Å². The van der Waals surface area contributed by atoms with Crippen LogP contribution in [0.4, 0.5) is 5.69 Å². The van der Waals surface area contributed by atoms with Gasteiger partial charge in [0.05, 0.1) is 44.6 Å². The number of nitrogen functional groups attached to an aromatic ring is 1. The third-order valence-corrected chi connectivity index (χ3v) is 3.54. The zero-order valence-corrected chi connectivity index (χ0v) is 11.9. The largest absolute Gasteiger partial charge is 0.397 e. The molecule has 2 N–H and O–H groups in total. The molecule has 2 aromatic rings. The van der Waals surface area contributed by atoms with Crippen molar-refractivity contribution in [3.05, 3.63) is 45.0 Å². The van der Waals surface area contributed by atoms with Crippen LogP contribution in [0, 0.1) is 11.3 Å². The van der Waals surface area contributed by atoms with Gasteiger partial charge in [-0.2, -0.15) is 5.26 Å². The molecule has 1 aromatic carbocycles. The SMILES string of the molecule is N#CCc1ccc(N)c(-c2cc(Cl)c(Cl)cc2Cl)n1. The Hall–Kier alpha value is -1.47. The predicted molar refractivity (Wildman–Crippen MR) is 78.4 cm³/mol. The van der Waals surface area contributed by atoms with Gasteiger partial charge in [-0.05, 0) is 24.3 Å². The Balaban J connectivity index is 2.61. The molecule has 0 radical (unpaired) electrons. The van der Waals surface area contributed by atoms with Crippen LogP contribution in [0.3, 0.4) is 0 Å². The Labute approximate surface area is 125 Å². The van der Waals surface area contributed by atoms with Gasteiger partial charge in [-0.25, -0.2) is 4.98 Å². The number of benzene rings is 1. The van der Waals surface area contributed by atoms with E-state index in [0.717, 1.165) is 0 Å². The third kappa shape index (κ3) is 2.93. The number of hydrogen-bond donors (Lipinski definition) is 1. The predicted octanol–water partition coefficient (Wildman–Crippen LogP) is 4.36. The van der Waals surface area contributed by atoms with Crippen LogP contribution in [0.15, 0.2) is 24.3 Å². The Morgan fingerprint density at radius 2 is 1.79 bits per heavy atom. The average molecular weight is 313 g/mol. The second-order valence-corrected chi connectivity index (χ2v) is 5.04. The molecule has 0 spiro atoms. The van der Waals surface area contributed by atoms with Crippen molar-refractivity contribution in [2.45, 2.75) is 6.42 Å².